The Morgan fingerprint density at radius 1 is 1.21 bits per heavy atom. The van der Waals surface area contributed by atoms with Crippen molar-refractivity contribution in [1.82, 2.24) is 9.80 Å². The van der Waals surface area contributed by atoms with Crippen LogP contribution >= 0.6 is 11.6 Å². The predicted molar refractivity (Wildman–Crippen MR) is 88.8 cm³/mol. The molecule has 0 aliphatic carbocycles. The Bertz CT molecular complexity index is 752. The maximum atomic E-state index is 12.8. The summed E-state index contributed by atoms with van der Waals surface area (Å²) in [6, 6.07) is 6.00. The molecule has 7 heteroatoms. The maximum Gasteiger partial charge on any atom is 0.328 e. The van der Waals surface area contributed by atoms with Crippen LogP contribution in [0.5, 0.6) is 0 Å². The van der Waals surface area contributed by atoms with E-state index in [0.29, 0.717) is 36.6 Å². The molecule has 3 aliphatic heterocycles. The first-order valence-electron chi connectivity index (χ1n) is 8.16. The van der Waals surface area contributed by atoms with Crippen molar-refractivity contribution in [3.63, 3.8) is 0 Å². The second kappa shape index (κ2) is 5.21. The first kappa shape index (κ1) is 15.4. The van der Waals surface area contributed by atoms with E-state index in [0.717, 1.165) is 6.42 Å². The van der Waals surface area contributed by atoms with Gasteiger partial charge in [0.15, 0.2) is 0 Å². The second-order valence-corrected chi connectivity index (χ2v) is 7.20. The highest BCUT2D eigenvalue weighted by molar-refractivity contribution is 6.31. The third-order valence-electron chi connectivity index (χ3n) is 5.37. The van der Waals surface area contributed by atoms with Crippen molar-refractivity contribution in [2.45, 2.75) is 37.8 Å². The number of urea groups is 1. The molecule has 24 heavy (non-hydrogen) atoms. The number of imide groups is 1. The molecule has 6 nitrogen and oxygen atoms in total. The molecule has 0 aromatic heterocycles. The Hall–Kier alpha value is -2.08. The highest BCUT2D eigenvalue weighted by atomic mass is 35.5. The topological polar surface area (TPSA) is 60.9 Å². The number of carbonyl (C=O) groups is 3. The molecule has 3 fully saturated rings. The molecule has 1 aromatic carbocycles. The van der Waals surface area contributed by atoms with E-state index in [9.17, 15) is 14.4 Å². The molecule has 0 radical (unpaired) electrons. The summed E-state index contributed by atoms with van der Waals surface area (Å²) in [5, 5.41) is 0.547. The number of hydrogen-bond donors (Lipinski definition) is 0. The average molecular weight is 348 g/mol. The summed E-state index contributed by atoms with van der Waals surface area (Å²) in [5.41, 5.74) is -0.0818. The van der Waals surface area contributed by atoms with Gasteiger partial charge < -0.3 is 9.80 Å². The molecule has 3 saturated heterocycles. The molecule has 3 aliphatic rings. The van der Waals surface area contributed by atoms with Gasteiger partial charge in [0.2, 0.25) is 5.91 Å². The molecule has 3 heterocycles. The van der Waals surface area contributed by atoms with Gasteiger partial charge in [-0.25, -0.2) is 9.69 Å². The first-order chi connectivity index (χ1) is 11.4. The number of anilines is 1. The number of halogens is 1. The van der Waals surface area contributed by atoms with E-state index in [2.05, 4.69) is 0 Å². The third-order valence-corrected chi connectivity index (χ3v) is 5.60. The SMILES string of the molecule is C[C@]12CCCN1C(=O)N([C@@H]1CCN(c3cccc(Cl)c3)C1=O)C2=O. The van der Waals surface area contributed by atoms with Crippen molar-refractivity contribution in [3.05, 3.63) is 29.3 Å². The molecule has 4 amide bonds. The van der Waals surface area contributed by atoms with Crippen LogP contribution in [-0.2, 0) is 9.59 Å². The summed E-state index contributed by atoms with van der Waals surface area (Å²) in [7, 11) is 0. The molecule has 2 atom stereocenters. The number of carbonyl (C=O) groups excluding carboxylic acids is 3. The Labute approximate surface area is 144 Å². The molecule has 0 N–H and O–H groups in total. The van der Waals surface area contributed by atoms with Crippen LogP contribution in [-0.4, -0.2) is 52.3 Å². The maximum absolute atomic E-state index is 12.8. The van der Waals surface area contributed by atoms with Crippen LogP contribution in [0.4, 0.5) is 10.5 Å². The van der Waals surface area contributed by atoms with Crippen molar-refractivity contribution in [2.75, 3.05) is 18.0 Å². The monoisotopic (exact) mass is 347 g/mol. The first-order valence-corrected chi connectivity index (χ1v) is 8.53. The smallest absolute Gasteiger partial charge is 0.310 e. The summed E-state index contributed by atoms with van der Waals surface area (Å²) >= 11 is 6.00. The number of nitrogens with zero attached hydrogens (tertiary/aromatic N) is 3. The molecule has 0 bridgehead atoms. The normalized spacial score (nSPS) is 29.8. The summed E-state index contributed by atoms with van der Waals surface area (Å²) in [5.74, 6) is -0.458. The van der Waals surface area contributed by atoms with Crippen molar-refractivity contribution in [1.29, 1.82) is 0 Å². The van der Waals surface area contributed by atoms with E-state index in [-0.39, 0.29) is 17.8 Å². The molecule has 0 unspecified atom stereocenters. The van der Waals surface area contributed by atoms with Crippen LogP contribution in [0.15, 0.2) is 24.3 Å². The number of amides is 4. The predicted octanol–water partition coefficient (Wildman–Crippen LogP) is 2.26. The molecule has 0 saturated carbocycles. The lowest BCUT2D eigenvalue weighted by molar-refractivity contribution is -0.136. The molecule has 1 aromatic rings. The molecular weight excluding hydrogens is 330 g/mol. The number of hydrogen-bond acceptors (Lipinski definition) is 3. The van der Waals surface area contributed by atoms with E-state index in [1.165, 1.54) is 4.90 Å². The Morgan fingerprint density at radius 2 is 2.00 bits per heavy atom. The van der Waals surface area contributed by atoms with Crippen molar-refractivity contribution in [3.8, 4) is 0 Å². The number of rotatable bonds is 2. The second-order valence-electron chi connectivity index (χ2n) is 6.76. The number of fused-ring (bicyclic) bond motifs is 1. The Morgan fingerprint density at radius 3 is 2.71 bits per heavy atom. The van der Waals surface area contributed by atoms with E-state index >= 15 is 0 Å². The van der Waals surface area contributed by atoms with Crippen LogP contribution in [0.3, 0.4) is 0 Å². The quantitative estimate of drug-likeness (QED) is 0.771. The zero-order valence-electron chi connectivity index (χ0n) is 13.4. The van der Waals surface area contributed by atoms with Gasteiger partial charge in [-0.15, -0.1) is 0 Å². The van der Waals surface area contributed by atoms with Crippen LogP contribution < -0.4 is 4.90 Å². The highest BCUT2D eigenvalue weighted by Crippen LogP contribution is 2.40. The van der Waals surface area contributed by atoms with E-state index in [1.54, 1.807) is 41.0 Å². The molecule has 126 valence electrons. The fourth-order valence-corrected chi connectivity index (χ4v) is 4.23. The molecule has 0 spiro atoms. The Balaban J connectivity index is 1.61. The van der Waals surface area contributed by atoms with E-state index < -0.39 is 11.6 Å². The van der Waals surface area contributed by atoms with E-state index in [1.807, 2.05) is 0 Å². The average Bonchev–Trinajstić information content (AvgIpc) is 3.16. The van der Waals surface area contributed by atoms with E-state index in [4.69, 9.17) is 11.6 Å². The minimum Gasteiger partial charge on any atom is -0.310 e. The van der Waals surface area contributed by atoms with Gasteiger partial charge in [0, 0.05) is 23.8 Å². The lowest BCUT2D eigenvalue weighted by Gasteiger charge is -2.23. The lowest BCUT2D eigenvalue weighted by Crippen LogP contribution is -2.47. The van der Waals surface area contributed by atoms with Gasteiger partial charge in [-0.2, -0.15) is 0 Å². The van der Waals surface area contributed by atoms with Crippen molar-refractivity contribution >= 4 is 35.1 Å². The third kappa shape index (κ3) is 1.99. The molecular formula is C17H18ClN3O3. The zero-order chi connectivity index (χ0) is 17.1. The minimum absolute atomic E-state index is 0.219. The number of benzene rings is 1. The summed E-state index contributed by atoms with van der Waals surface area (Å²) in [6.07, 6.45) is 1.94. The van der Waals surface area contributed by atoms with Gasteiger partial charge in [-0.1, -0.05) is 17.7 Å². The highest BCUT2D eigenvalue weighted by Gasteiger charge is 2.60. The summed E-state index contributed by atoms with van der Waals surface area (Å²) in [6.45, 7) is 2.85. The van der Waals surface area contributed by atoms with Gasteiger partial charge in [0.1, 0.15) is 11.6 Å². The Kier molecular flexibility index (Phi) is 3.35. The van der Waals surface area contributed by atoms with Gasteiger partial charge in [-0.05, 0) is 44.4 Å². The van der Waals surface area contributed by atoms with Crippen LogP contribution in [0.2, 0.25) is 5.02 Å². The van der Waals surface area contributed by atoms with Crippen LogP contribution in [0.25, 0.3) is 0 Å². The fraction of sp³-hybridized carbons (Fsp3) is 0.471. The van der Waals surface area contributed by atoms with Crippen LogP contribution in [0, 0.1) is 0 Å². The summed E-state index contributed by atoms with van der Waals surface area (Å²) < 4.78 is 0. The standard InChI is InChI=1S/C17H18ClN3O3/c1-17-7-3-8-20(17)16(24)21(15(17)23)13-6-9-19(14(13)22)12-5-2-4-11(18)10-12/h2,4-5,10,13H,3,6-9H2,1H3/t13-,17-/m1/s1. The fourth-order valence-electron chi connectivity index (χ4n) is 4.05. The largest absolute Gasteiger partial charge is 0.328 e. The van der Waals surface area contributed by atoms with Gasteiger partial charge >= 0.3 is 6.03 Å². The lowest BCUT2D eigenvalue weighted by atomic mass is 9.99. The minimum atomic E-state index is -0.777. The summed E-state index contributed by atoms with van der Waals surface area (Å²) in [4.78, 5) is 42.7. The van der Waals surface area contributed by atoms with Crippen LogP contribution in [0.1, 0.15) is 26.2 Å². The van der Waals surface area contributed by atoms with Gasteiger partial charge in [-0.3, -0.25) is 9.59 Å². The zero-order valence-corrected chi connectivity index (χ0v) is 14.1. The van der Waals surface area contributed by atoms with Gasteiger partial charge in [0.25, 0.3) is 5.91 Å². The molecule has 4 rings (SSSR count). The van der Waals surface area contributed by atoms with Crippen molar-refractivity contribution in [2.24, 2.45) is 0 Å². The van der Waals surface area contributed by atoms with Gasteiger partial charge in [0.05, 0.1) is 0 Å². The van der Waals surface area contributed by atoms with Crippen molar-refractivity contribution < 1.29 is 14.4 Å².